The van der Waals surface area contributed by atoms with Crippen LogP contribution in [0.25, 0.3) is 0 Å². The van der Waals surface area contributed by atoms with E-state index in [-0.39, 0.29) is 0 Å². The van der Waals surface area contributed by atoms with E-state index in [0.29, 0.717) is 11.8 Å². The highest BCUT2D eigenvalue weighted by Crippen LogP contribution is 2.28. The van der Waals surface area contributed by atoms with Crippen molar-refractivity contribution in [2.45, 2.75) is 44.4 Å². The van der Waals surface area contributed by atoms with E-state index in [1.54, 1.807) is 0 Å². The van der Waals surface area contributed by atoms with Crippen molar-refractivity contribution >= 4 is 5.91 Å². The van der Waals surface area contributed by atoms with Crippen molar-refractivity contribution in [3.05, 3.63) is 18.0 Å². The van der Waals surface area contributed by atoms with Crippen LogP contribution in [0.2, 0.25) is 0 Å². The van der Waals surface area contributed by atoms with Crippen LogP contribution in [0, 0.1) is 5.92 Å². The fourth-order valence-electron chi connectivity index (χ4n) is 3.60. The van der Waals surface area contributed by atoms with E-state index >= 15 is 0 Å². The van der Waals surface area contributed by atoms with Crippen LogP contribution in [0.5, 0.6) is 0 Å². The second-order valence-corrected chi connectivity index (χ2v) is 6.42. The molecule has 1 aromatic rings. The number of carbonyl (C=O) groups excluding carboxylic acids is 1. The highest BCUT2D eigenvalue weighted by Gasteiger charge is 2.24. The number of aromatic amines is 1. The Morgan fingerprint density at radius 3 is 2.67 bits per heavy atom. The van der Waals surface area contributed by atoms with Gasteiger partial charge in [-0.25, -0.2) is 0 Å². The molecule has 0 aliphatic carbocycles. The largest absolute Gasteiger partial charge is 0.343 e. The normalized spacial score (nSPS) is 21.6. The first kappa shape index (κ1) is 14.6. The number of piperidine rings is 2. The Morgan fingerprint density at radius 2 is 2.00 bits per heavy atom. The first-order valence-electron chi connectivity index (χ1n) is 8.30. The van der Waals surface area contributed by atoms with Gasteiger partial charge in [0.2, 0.25) is 5.91 Å². The van der Waals surface area contributed by atoms with Crippen molar-refractivity contribution < 1.29 is 4.79 Å². The molecule has 0 unspecified atom stereocenters. The molecule has 5 heteroatoms. The zero-order chi connectivity index (χ0) is 14.5. The van der Waals surface area contributed by atoms with Gasteiger partial charge in [-0.15, -0.1) is 0 Å². The first-order chi connectivity index (χ1) is 10.3. The Kier molecular flexibility index (Phi) is 4.91. The molecule has 3 rings (SSSR count). The summed E-state index contributed by atoms with van der Waals surface area (Å²) in [5, 5.41) is 10.3. The summed E-state index contributed by atoms with van der Waals surface area (Å²) in [5.74, 6) is 1.68. The number of likely N-dealkylation sites (tertiary alicyclic amines) is 1. The summed E-state index contributed by atoms with van der Waals surface area (Å²) < 4.78 is 0. The van der Waals surface area contributed by atoms with Gasteiger partial charge < -0.3 is 10.2 Å². The first-order valence-corrected chi connectivity index (χ1v) is 8.30. The molecule has 0 bridgehead atoms. The van der Waals surface area contributed by atoms with Crippen molar-refractivity contribution in [2.75, 3.05) is 26.2 Å². The molecule has 2 aliphatic rings. The van der Waals surface area contributed by atoms with Gasteiger partial charge in [-0.05, 0) is 62.6 Å². The number of H-pyrrole nitrogens is 1. The van der Waals surface area contributed by atoms with Gasteiger partial charge in [-0.1, -0.05) is 0 Å². The van der Waals surface area contributed by atoms with Gasteiger partial charge in [0, 0.05) is 25.7 Å². The Hall–Kier alpha value is -1.36. The summed E-state index contributed by atoms with van der Waals surface area (Å²) in [6.45, 7) is 4.05. The number of nitrogens with one attached hydrogen (secondary N) is 2. The fourth-order valence-corrected chi connectivity index (χ4v) is 3.60. The topological polar surface area (TPSA) is 61.0 Å². The minimum atomic E-state index is 0.360. The number of hydrogen-bond acceptors (Lipinski definition) is 3. The third-order valence-electron chi connectivity index (χ3n) is 5.06. The Balaban J connectivity index is 1.40. The highest BCUT2D eigenvalue weighted by atomic mass is 16.2. The minimum Gasteiger partial charge on any atom is -0.343 e. The minimum absolute atomic E-state index is 0.360. The van der Waals surface area contributed by atoms with Gasteiger partial charge in [-0.2, -0.15) is 5.10 Å². The van der Waals surface area contributed by atoms with Gasteiger partial charge in [-0.3, -0.25) is 9.89 Å². The lowest BCUT2D eigenvalue weighted by Crippen LogP contribution is -2.38. The molecule has 0 saturated carbocycles. The van der Waals surface area contributed by atoms with Crippen molar-refractivity contribution in [2.24, 2.45) is 5.92 Å². The second-order valence-electron chi connectivity index (χ2n) is 6.42. The molecule has 2 N–H and O–H groups in total. The van der Waals surface area contributed by atoms with E-state index in [1.807, 2.05) is 12.4 Å². The molecule has 1 amide bonds. The quantitative estimate of drug-likeness (QED) is 0.890. The van der Waals surface area contributed by atoms with Gasteiger partial charge in [0.1, 0.15) is 0 Å². The van der Waals surface area contributed by atoms with Crippen molar-refractivity contribution in [3.8, 4) is 0 Å². The predicted molar refractivity (Wildman–Crippen MR) is 82.0 cm³/mol. The number of aromatic nitrogens is 2. The zero-order valence-electron chi connectivity index (χ0n) is 12.7. The number of amides is 1. The molecule has 0 radical (unpaired) electrons. The van der Waals surface area contributed by atoms with E-state index in [1.165, 1.54) is 18.4 Å². The molecule has 0 spiro atoms. The summed E-state index contributed by atoms with van der Waals surface area (Å²) in [4.78, 5) is 14.4. The molecule has 21 heavy (non-hydrogen) atoms. The number of nitrogens with zero attached hydrogens (tertiary/aromatic N) is 2. The van der Waals surface area contributed by atoms with E-state index in [9.17, 15) is 4.79 Å². The molecule has 2 saturated heterocycles. The summed E-state index contributed by atoms with van der Waals surface area (Å²) in [5.41, 5.74) is 1.29. The molecule has 0 atom stereocenters. The number of rotatable bonds is 4. The third kappa shape index (κ3) is 3.84. The maximum atomic E-state index is 12.3. The summed E-state index contributed by atoms with van der Waals surface area (Å²) in [6.07, 6.45) is 10.3. The molecule has 2 fully saturated rings. The van der Waals surface area contributed by atoms with Gasteiger partial charge in [0.15, 0.2) is 0 Å². The van der Waals surface area contributed by atoms with Crippen molar-refractivity contribution in [3.63, 3.8) is 0 Å². The van der Waals surface area contributed by atoms with Crippen LogP contribution in [0.15, 0.2) is 12.4 Å². The van der Waals surface area contributed by atoms with Crippen LogP contribution in [-0.2, 0) is 4.79 Å². The molecule has 116 valence electrons. The molecule has 3 heterocycles. The maximum Gasteiger partial charge on any atom is 0.222 e. The Morgan fingerprint density at radius 1 is 1.24 bits per heavy atom. The van der Waals surface area contributed by atoms with Gasteiger partial charge >= 0.3 is 0 Å². The monoisotopic (exact) mass is 290 g/mol. The van der Waals surface area contributed by atoms with E-state index in [0.717, 1.165) is 57.8 Å². The Labute approximate surface area is 126 Å². The lowest BCUT2D eigenvalue weighted by Gasteiger charge is -2.32. The number of hydrogen-bond donors (Lipinski definition) is 2. The van der Waals surface area contributed by atoms with Crippen LogP contribution < -0.4 is 5.32 Å². The van der Waals surface area contributed by atoms with E-state index in [2.05, 4.69) is 20.4 Å². The maximum absolute atomic E-state index is 12.3. The molecule has 2 aliphatic heterocycles. The van der Waals surface area contributed by atoms with Crippen LogP contribution in [0.3, 0.4) is 0 Å². The lowest BCUT2D eigenvalue weighted by atomic mass is 9.90. The molecule has 1 aromatic heterocycles. The lowest BCUT2D eigenvalue weighted by molar-refractivity contribution is -0.132. The van der Waals surface area contributed by atoms with Crippen LogP contribution in [0.4, 0.5) is 0 Å². The molecule has 0 aromatic carbocycles. The summed E-state index contributed by atoms with van der Waals surface area (Å²) >= 11 is 0. The molecular weight excluding hydrogens is 264 g/mol. The Bertz CT molecular complexity index is 431. The van der Waals surface area contributed by atoms with Crippen molar-refractivity contribution in [1.29, 1.82) is 0 Å². The van der Waals surface area contributed by atoms with Crippen LogP contribution in [-0.4, -0.2) is 47.2 Å². The van der Waals surface area contributed by atoms with Gasteiger partial charge in [0.25, 0.3) is 0 Å². The summed E-state index contributed by atoms with van der Waals surface area (Å²) in [6, 6.07) is 0. The van der Waals surface area contributed by atoms with E-state index in [4.69, 9.17) is 0 Å². The van der Waals surface area contributed by atoms with Gasteiger partial charge in [0.05, 0.1) is 6.20 Å². The molecule has 5 nitrogen and oxygen atoms in total. The fraction of sp³-hybridized carbons (Fsp3) is 0.750. The van der Waals surface area contributed by atoms with Crippen LogP contribution >= 0.6 is 0 Å². The highest BCUT2D eigenvalue weighted by molar-refractivity contribution is 5.76. The average Bonchev–Trinajstić information content (AvgIpc) is 3.08. The number of carbonyl (C=O) groups is 1. The second kappa shape index (κ2) is 7.07. The zero-order valence-corrected chi connectivity index (χ0v) is 12.7. The third-order valence-corrected chi connectivity index (χ3v) is 5.06. The van der Waals surface area contributed by atoms with Crippen molar-refractivity contribution in [1.82, 2.24) is 20.4 Å². The SMILES string of the molecule is O=C(CCC1CCNCC1)N1CCC(c2cn[nH]c2)CC1. The van der Waals surface area contributed by atoms with Crippen LogP contribution in [0.1, 0.15) is 50.0 Å². The smallest absolute Gasteiger partial charge is 0.222 e. The van der Waals surface area contributed by atoms with E-state index < -0.39 is 0 Å². The summed E-state index contributed by atoms with van der Waals surface area (Å²) in [7, 11) is 0. The predicted octanol–water partition coefficient (Wildman–Crippen LogP) is 1.90. The molecular formula is C16H26N4O. The standard InChI is InChI=1S/C16H26N4O/c21-16(2-1-13-3-7-17-8-4-13)20-9-5-14(6-10-20)15-11-18-19-12-15/h11-14,17H,1-10H2,(H,18,19). The average molecular weight is 290 g/mol.